The fraction of sp³-hybridized carbons (Fsp3) is 0.609. The van der Waals surface area contributed by atoms with Gasteiger partial charge in [-0.3, -0.25) is 9.69 Å². The minimum Gasteiger partial charge on any atom is -0.369 e. The van der Waals surface area contributed by atoms with Gasteiger partial charge >= 0.3 is 0 Å². The standard InChI is InChI=1S/C23H26F2N4O/c1-14-3-2-6-21(8-14)11-17-5-4-15(12-26)7-18(17)23(21)19(30)29(20(27)28-23)13-16-9-22(24,25)10-16/h4-5,7,14,16H,2-3,6,8-11,13H2,1H3,(H2,27,28)/t14-,21+,23-/m1/s1. The highest BCUT2D eigenvalue weighted by Gasteiger charge is 2.67. The number of hydrogen-bond acceptors (Lipinski definition) is 4. The minimum atomic E-state index is -2.64. The molecule has 4 aliphatic rings. The highest BCUT2D eigenvalue weighted by atomic mass is 19.3. The Hall–Kier alpha value is -2.49. The number of aliphatic imine (C=N–C) groups is 1. The predicted molar refractivity (Wildman–Crippen MR) is 108 cm³/mol. The molecular weight excluding hydrogens is 386 g/mol. The lowest BCUT2D eigenvalue weighted by molar-refractivity contribution is -0.143. The molecule has 1 amide bonds. The van der Waals surface area contributed by atoms with Crippen LogP contribution < -0.4 is 5.73 Å². The van der Waals surface area contributed by atoms with E-state index in [-0.39, 0.29) is 42.6 Å². The first-order valence-corrected chi connectivity index (χ1v) is 10.8. The molecule has 3 atom stereocenters. The third kappa shape index (κ3) is 2.55. The summed E-state index contributed by atoms with van der Waals surface area (Å²) >= 11 is 0. The first-order valence-electron chi connectivity index (χ1n) is 10.8. The molecule has 30 heavy (non-hydrogen) atoms. The lowest BCUT2D eigenvalue weighted by Gasteiger charge is -2.46. The van der Waals surface area contributed by atoms with E-state index < -0.39 is 11.5 Å². The maximum Gasteiger partial charge on any atom is 0.262 e. The van der Waals surface area contributed by atoms with Crippen LogP contribution in [0.15, 0.2) is 23.2 Å². The van der Waals surface area contributed by atoms with Crippen LogP contribution in [0.25, 0.3) is 0 Å². The Kier molecular flexibility index (Phi) is 4.06. The van der Waals surface area contributed by atoms with Gasteiger partial charge in [0.1, 0.15) is 0 Å². The van der Waals surface area contributed by atoms with Crippen LogP contribution >= 0.6 is 0 Å². The maximum atomic E-state index is 14.0. The molecule has 0 aromatic heterocycles. The van der Waals surface area contributed by atoms with Crippen LogP contribution in [0, 0.1) is 28.6 Å². The monoisotopic (exact) mass is 412 g/mol. The number of nitrogens with zero attached hydrogens (tertiary/aromatic N) is 3. The van der Waals surface area contributed by atoms with Crippen molar-refractivity contribution in [3.63, 3.8) is 0 Å². The van der Waals surface area contributed by atoms with Gasteiger partial charge in [-0.1, -0.05) is 25.8 Å². The van der Waals surface area contributed by atoms with Gasteiger partial charge in [0.2, 0.25) is 5.92 Å². The summed E-state index contributed by atoms with van der Waals surface area (Å²) in [5.41, 5.74) is 7.08. The molecule has 1 aromatic rings. The molecule has 3 aliphatic carbocycles. The van der Waals surface area contributed by atoms with E-state index in [2.05, 4.69) is 13.0 Å². The van der Waals surface area contributed by atoms with E-state index in [9.17, 15) is 18.8 Å². The Labute approximate surface area is 174 Å². The van der Waals surface area contributed by atoms with E-state index in [4.69, 9.17) is 10.7 Å². The highest BCUT2D eigenvalue weighted by molar-refractivity contribution is 6.08. The summed E-state index contributed by atoms with van der Waals surface area (Å²) < 4.78 is 26.7. The zero-order valence-corrected chi connectivity index (χ0v) is 17.1. The van der Waals surface area contributed by atoms with E-state index >= 15 is 0 Å². The number of guanidine groups is 1. The maximum absolute atomic E-state index is 14.0. The number of benzene rings is 1. The number of alkyl halides is 2. The van der Waals surface area contributed by atoms with Gasteiger partial charge < -0.3 is 5.73 Å². The summed E-state index contributed by atoms with van der Waals surface area (Å²) in [6, 6.07) is 7.70. The van der Waals surface area contributed by atoms with Crippen molar-refractivity contribution in [3.05, 3.63) is 34.9 Å². The van der Waals surface area contributed by atoms with Crippen LogP contribution in [-0.2, 0) is 16.8 Å². The molecule has 158 valence electrons. The minimum absolute atomic E-state index is 0.128. The average molecular weight is 412 g/mol. The summed E-state index contributed by atoms with van der Waals surface area (Å²) in [6.45, 7) is 2.39. The van der Waals surface area contributed by atoms with Crippen molar-refractivity contribution in [2.24, 2.45) is 28.0 Å². The smallest absolute Gasteiger partial charge is 0.262 e. The van der Waals surface area contributed by atoms with Crippen molar-refractivity contribution < 1.29 is 13.6 Å². The molecule has 2 saturated carbocycles. The van der Waals surface area contributed by atoms with Gasteiger partial charge in [-0.2, -0.15) is 5.26 Å². The van der Waals surface area contributed by atoms with Crippen molar-refractivity contribution in [3.8, 4) is 6.07 Å². The van der Waals surface area contributed by atoms with Gasteiger partial charge in [0.25, 0.3) is 5.91 Å². The summed E-state index contributed by atoms with van der Waals surface area (Å²) in [7, 11) is 0. The van der Waals surface area contributed by atoms with E-state index in [0.29, 0.717) is 11.5 Å². The quantitative estimate of drug-likeness (QED) is 0.804. The fourth-order valence-corrected chi connectivity index (χ4v) is 6.51. The molecule has 0 bridgehead atoms. The van der Waals surface area contributed by atoms with Gasteiger partial charge in [0.15, 0.2) is 11.5 Å². The number of amides is 1. The number of hydrogen-bond donors (Lipinski definition) is 1. The molecule has 1 heterocycles. The molecule has 5 nitrogen and oxygen atoms in total. The first kappa shape index (κ1) is 19.5. The molecule has 5 rings (SSSR count). The zero-order chi connectivity index (χ0) is 21.3. The fourth-order valence-electron chi connectivity index (χ4n) is 6.51. The lowest BCUT2D eigenvalue weighted by atomic mass is 9.59. The molecule has 2 spiro atoms. The van der Waals surface area contributed by atoms with Crippen molar-refractivity contribution >= 4 is 11.9 Å². The summed E-state index contributed by atoms with van der Waals surface area (Å²) in [4.78, 5) is 20.3. The largest absolute Gasteiger partial charge is 0.369 e. The molecule has 2 N–H and O–H groups in total. The number of halogens is 2. The van der Waals surface area contributed by atoms with Crippen LogP contribution in [0.4, 0.5) is 8.78 Å². The van der Waals surface area contributed by atoms with Gasteiger partial charge in [0.05, 0.1) is 11.6 Å². The van der Waals surface area contributed by atoms with Crippen molar-refractivity contribution in [2.45, 2.75) is 63.3 Å². The summed E-state index contributed by atoms with van der Waals surface area (Å²) in [5.74, 6) is -2.51. The van der Waals surface area contributed by atoms with Crippen LogP contribution in [0.1, 0.15) is 62.1 Å². The summed E-state index contributed by atoms with van der Waals surface area (Å²) in [6.07, 6.45) is 4.16. The van der Waals surface area contributed by atoms with Crippen LogP contribution in [0.5, 0.6) is 0 Å². The van der Waals surface area contributed by atoms with Gasteiger partial charge in [-0.05, 0) is 54.4 Å². The second-order valence-electron chi connectivity index (χ2n) is 9.87. The van der Waals surface area contributed by atoms with E-state index in [1.807, 2.05) is 6.07 Å². The van der Waals surface area contributed by atoms with E-state index in [1.165, 1.54) is 4.90 Å². The highest BCUT2D eigenvalue weighted by Crippen LogP contribution is 2.62. The average Bonchev–Trinajstić information content (AvgIpc) is 3.07. The lowest BCUT2D eigenvalue weighted by Crippen LogP contribution is -2.54. The summed E-state index contributed by atoms with van der Waals surface area (Å²) in [5, 5.41) is 9.44. The van der Waals surface area contributed by atoms with E-state index in [1.54, 1.807) is 12.1 Å². The Bertz CT molecular complexity index is 991. The number of nitrogens with two attached hydrogens (primary N) is 1. The van der Waals surface area contributed by atoms with Crippen molar-refractivity contribution in [2.75, 3.05) is 6.54 Å². The Balaban J connectivity index is 1.59. The third-order valence-electron chi connectivity index (χ3n) is 7.75. The molecule has 0 saturated heterocycles. The molecule has 2 fully saturated rings. The number of nitriles is 1. The molecule has 1 aliphatic heterocycles. The topological polar surface area (TPSA) is 82.5 Å². The molecular formula is C23H26F2N4O. The molecule has 1 aromatic carbocycles. The van der Waals surface area contributed by atoms with Crippen LogP contribution in [0.3, 0.4) is 0 Å². The zero-order valence-electron chi connectivity index (χ0n) is 17.1. The van der Waals surface area contributed by atoms with Crippen LogP contribution in [0.2, 0.25) is 0 Å². The number of rotatable bonds is 2. The second-order valence-corrected chi connectivity index (χ2v) is 9.87. The van der Waals surface area contributed by atoms with Crippen LogP contribution in [-0.4, -0.2) is 29.2 Å². The Morgan fingerprint density at radius 2 is 2.10 bits per heavy atom. The van der Waals surface area contributed by atoms with Crippen molar-refractivity contribution in [1.29, 1.82) is 5.26 Å². The predicted octanol–water partition coefficient (Wildman–Crippen LogP) is 3.71. The molecule has 7 heteroatoms. The Morgan fingerprint density at radius 3 is 2.77 bits per heavy atom. The van der Waals surface area contributed by atoms with Crippen molar-refractivity contribution in [1.82, 2.24) is 4.90 Å². The number of fused-ring (bicyclic) bond motifs is 3. The van der Waals surface area contributed by atoms with Gasteiger partial charge in [0, 0.05) is 24.8 Å². The second kappa shape index (κ2) is 6.26. The Morgan fingerprint density at radius 1 is 1.33 bits per heavy atom. The first-order chi connectivity index (χ1) is 14.2. The third-order valence-corrected chi connectivity index (χ3v) is 7.75. The molecule has 0 radical (unpaired) electrons. The normalized spacial score (nSPS) is 34.7. The number of carbonyl (C=O) groups is 1. The SMILES string of the molecule is C[C@@H]1CCC[C@@]2(Cc3ccc(C#N)cc3[C@]23N=C(N)N(CC2CC(F)(F)C2)C3=O)C1. The van der Waals surface area contributed by atoms with E-state index in [0.717, 1.165) is 43.2 Å². The number of carbonyl (C=O) groups excluding carboxylic acids is 1. The van der Waals surface area contributed by atoms with Gasteiger partial charge in [-0.15, -0.1) is 0 Å². The van der Waals surface area contributed by atoms with Gasteiger partial charge in [-0.25, -0.2) is 13.8 Å². The molecule has 0 unspecified atom stereocenters.